The first-order valence-electron chi connectivity index (χ1n) is 9.80. The van der Waals surface area contributed by atoms with Crippen LogP contribution in [0.4, 0.5) is 10.5 Å². The molecule has 0 unspecified atom stereocenters. The van der Waals surface area contributed by atoms with Crippen LogP contribution in [0.1, 0.15) is 11.1 Å². The highest BCUT2D eigenvalue weighted by Crippen LogP contribution is 2.30. The van der Waals surface area contributed by atoms with E-state index in [1.807, 2.05) is 36.4 Å². The number of rotatable bonds is 6. The van der Waals surface area contributed by atoms with Gasteiger partial charge in [-0.2, -0.15) is 0 Å². The van der Waals surface area contributed by atoms with E-state index in [0.29, 0.717) is 32.0 Å². The lowest BCUT2D eigenvalue weighted by atomic mass is 9.99. The molecule has 1 N–H and O–H groups in total. The first kappa shape index (κ1) is 19.3. The summed E-state index contributed by atoms with van der Waals surface area (Å²) in [5.41, 5.74) is 3.19. The minimum absolute atomic E-state index is 0.0355. The van der Waals surface area contributed by atoms with Crippen molar-refractivity contribution in [1.29, 1.82) is 0 Å². The standard InChI is InChI=1S/C22H25N3O4/c1-28-20-9-5-4-8-19(20)25-11-10-24(22(25)27)14-21(26)23-13-18-12-16-6-2-3-7-17(16)15-29-18/h2-9,18H,10-15H2,1H3,(H,23,26)/t18-/m0/s1. The molecule has 2 aromatic rings. The number of hydrogen-bond donors (Lipinski definition) is 1. The van der Waals surface area contributed by atoms with Crippen LogP contribution in [0.3, 0.4) is 0 Å². The molecule has 2 aliphatic heterocycles. The molecule has 7 heteroatoms. The van der Waals surface area contributed by atoms with Crippen molar-refractivity contribution in [3.05, 3.63) is 59.7 Å². The molecule has 2 aromatic carbocycles. The van der Waals surface area contributed by atoms with Gasteiger partial charge in [0.2, 0.25) is 5.91 Å². The molecule has 0 spiro atoms. The summed E-state index contributed by atoms with van der Waals surface area (Å²) in [4.78, 5) is 28.3. The first-order valence-corrected chi connectivity index (χ1v) is 9.80. The number of amides is 3. The van der Waals surface area contributed by atoms with Gasteiger partial charge in [0.1, 0.15) is 12.3 Å². The lowest BCUT2D eigenvalue weighted by Gasteiger charge is -2.26. The molecule has 29 heavy (non-hydrogen) atoms. The Balaban J connectivity index is 1.29. The number of ether oxygens (including phenoxy) is 2. The number of para-hydroxylation sites is 2. The maximum Gasteiger partial charge on any atom is 0.325 e. The molecule has 0 radical (unpaired) electrons. The van der Waals surface area contributed by atoms with Gasteiger partial charge in [0.05, 0.1) is 25.5 Å². The SMILES string of the molecule is COc1ccccc1N1CCN(CC(=O)NC[C@@H]2Cc3ccccc3CO2)C1=O. The van der Waals surface area contributed by atoms with Crippen LogP contribution in [-0.2, 0) is 22.6 Å². The molecule has 0 aromatic heterocycles. The predicted octanol–water partition coefficient (Wildman–Crippen LogP) is 2.19. The summed E-state index contributed by atoms with van der Waals surface area (Å²) in [6.45, 7) is 2.06. The molecule has 1 saturated heterocycles. The Kier molecular flexibility index (Phi) is 5.67. The second-order valence-corrected chi connectivity index (χ2v) is 7.24. The lowest BCUT2D eigenvalue weighted by molar-refractivity contribution is -0.122. The number of anilines is 1. The minimum Gasteiger partial charge on any atom is -0.495 e. The summed E-state index contributed by atoms with van der Waals surface area (Å²) in [7, 11) is 1.58. The Bertz CT molecular complexity index is 901. The van der Waals surface area contributed by atoms with E-state index in [4.69, 9.17) is 9.47 Å². The fourth-order valence-electron chi connectivity index (χ4n) is 3.80. The van der Waals surface area contributed by atoms with E-state index in [9.17, 15) is 9.59 Å². The number of carbonyl (C=O) groups excluding carboxylic acids is 2. The summed E-state index contributed by atoms with van der Waals surface area (Å²) in [6, 6.07) is 15.4. The molecule has 4 rings (SSSR count). The highest BCUT2D eigenvalue weighted by molar-refractivity contribution is 5.97. The number of methoxy groups -OCH3 is 1. The fraction of sp³-hybridized carbons (Fsp3) is 0.364. The molecule has 3 amide bonds. The molecule has 2 heterocycles. The highest BCUT2D eigenvalue weighted by atomic mass is 16.5. The number of hydrogen-bond acceptors (Lipinski definition) is 4. The van der Waals surface area contributed by atoms with Crippen LogP contribution in [-0.4, -0.2) is 56.2 Å². The Morgan fingerprint density at radius 3 is 2.72 bits per heavy atom. The van der Waals surface area contributed by atoms with Gasteiger partial charge in [-0.15, -0.1) is 0 Å². The van der Waals surface area contributed by atoms with Crippen molar-refractivity contribution in [3.8, 4) is 5.75 Å². The van der Waals surface area contributed by atoms with Crippen LogP contribution in [0.2, 0.25) is 0 Å². The molecule has 1 fully saturated rings. The number of fused-ring (bicyclic) bond motifs is 1. The maximum atomic E-state index is 12.7. The van der Waals surface area contributed by atoms with E-state index in [1.165, 1.54) is 11.1 Å². The second kappa shape index (κ2) is 8.53. The van der Waals surface area contributed by atoms with Crippen molar-refractivity contribution in [2.45, 2.75) is 19.1 Å². The zero-order valence-corrected chi connectivity index (χ0v) is 16.5. The average molecular weight is 395 g/mol. The van der Waals surface area contributed by atoms with Gasteiger partial charge in [0.15, 0.2) is 0 Å². The third-order valence-electron chi connectivity index (χ3n) is 5.37. The van der Waals surface area contributed by atoms with Crippen LogP contribution in [0.15, 0.2) is 48.5 Å². The Morgan fingerprint density at radius 2 is 1.90 bits per heavy atom. The van der Waals surface area contributed by atoms with Crippen molar-refractivity contribution < 1.29 is 19.1 Å². The van der Waals surface area contributed by atoms with Crippen LogP contribution < -0.4 is 15.0 Å². The lowest BCUT2D eigenvalue weighted by Crippen LogP contribution is -2.43. The van der Waals surface area contributed by atoms with E-state index >= 15 is 0 Å². The Hall–Kier alpha value is -3.06. The molecule has 2 aliphatic rings. The smallest absolute Gasteiger partial charge is 0.325 e. The molecule has 0 aliphatic carbocycles. The van der Waals surface area contributed by atoms with E-state index in [2.05, 4.69) is 17.4 Å². The second-order valence-electron chi connectivity index (χ2n) is 7.24. The molecular formula is C22H25N3O4. The van der Waals surface area contributed by atoms with Crippen LogP contribution in [0.5, 0.6) is 5.75 Å². The molecule has 152 valence electrons. The zero-order chi connectivity index (χ0) is 20.2. The molecule has 0 saturated carbocycles. The topological polar surface area (TPSA) is 71.1 Å². The highest BCUT2D eigenvalue weighted by Gasteiger charge is 2.32. The Morgan fingerprint density at radius 1 is 1.14 bits per heavy atom. The van der Waals surface area contributed by atoms with E-state index in [1.54, 1.807) is 16.9 Å². The summed E-state index contributed by atoms with van der Waals surface area (Å²) in [5, 5.41) is 2.91. The van der Waals surface area contributed by atoms with E-state index < -0.39 is 0 Å². The van der Waals surface area contributed by atoms with Gasteiger partial charge < -0.3 is 19.7 Å². The van der Waals surface area contributed by atoms with Crippen molar-refractivity contribution in [3.63, 3.8) is 0 Å². The van der Waals surface area contributed by atoms with Gasteiger partial charge in [-0.3, -0.25) is 9.69 Å². The largest absolute Gasteiger partial charge is 0.495 e. The average Bonchev–Trinajstić information content (AvgIpc) is 3.12. The van der Waals surface area contributed by atoms with Crippen molar-refractivity contribution >= 4 is 17.6 Å². The van der Waals surface area contributed by atoms with Crippen molar-refractivity contribution in [2.24, 2.45) is 0 Å². The van der Waals surface area contributed by atoms with Gasteiger partial charge in [-0.25, -0.2) is 4.79 Å². The van der Waals surface area contributed by atoms with Crippen molar-refractivity contribution in [1.82, 2.24) is 10.2 Å². The van der Waals surface area contributed by atoms with E-state index in [-0.39, 0.29) is 24.6 Å². The van der Waals surface area contributed by atoms with Crippen LogP contribution in [0.25, 0.3) is 0 Å². The summed E-state index contributed by atoms with van der Waals surface area (Å²) in [5.74, 6) is 0.463. The quantitative estimate of drug-likeness (QED) is 0.814. The van der Waals surface area contributed by atoms with Crippen LogP contribution >= 0.6 is 0 Å². The molecular weight excluding hydrogens is 370 g/mol. The minimum atomic E-state index is -0.188. The third-order valence-corrected chi connectivity index (χ3v) is 5.37. The number of urea groups is 1. The van der Waals surface area contributed by atoms with Crippen LogP contribution in [0, 0.1) is 0 Å². The van der Waals surface area contributed by atoms with Gasteiger partial charge >= 0.3 is 6.03 Å². The molecule has 7 nitrogen and oxygen atoms in total. The van der Waals surface area contributed by atoms with E-state index in [0.717, 1.165) is 12.1 Å². The normalized spacial score (nSPS) is 18.5. The Labute approximate surface area is 170 Å². The number of benzene rings is 2. The number of nitrogens with one attached hydrogen (secondary N) is 1. The molecule has 0 bridgehead atoms. The summed E-state index contributed by atoms with van der Waals surface area (Å²) in [6.07, 6.45) is 0.730. The van der Waals surface area contributed by atoms with Gasteiger partial charge in [0, 0.05) is 26.1 Å². The monoisotopic (exact) mass is 395 g/mol. The van der Waals surface area contributed by atoms with Gasteiger partial charge in [-0.1, -0.05) is 36.4 Å². The predicted molar refractivity (Wildman–Crippen MR) is 109 cm³/mol. The first-order chi connectivity index (χ1) is 14.2. The number of nitrogens with zero attached hydrogens (tertiary/aromatic N) is 2. The summed E-state index contributed by atoms with van der Waals surface area (Å²) < 4.78 is 11.2. The van der Waals surface area contributed by atoms with Gasteiger partial charge in [0.25, 0.3) is 0 Å². The number of carbonyl (C=O) groups is 2. The third kappa shape index (κ3) is 4.19. The molecule has 1 atom stereocenters. The summed E-state index contributed by atoms with van der Waals surface area (Å²) >= 11 is 0. The fourth-order valence-corrected chi connectivity index (χ4v) is 3.80. The maximum absolute atomic E-state index is 12.7. The van der Waals surface area contributed by atoms with Gasteiger partial charge in [-0.05, 0) is 23.3 Å². The zero-order valence-electron chi connectivity index (χ0n) is 16.5. The van der Waals surface area contributed by atoms with Crippen molar-refractivity contribution in [2.75, 3.05) is 38.2 Å².